The number of Topliss-reactive ketones (excluding diaryl/α,β-unsaturated/α-hetero) is 1. The second kappa shape index (κ2) is 7.55. The smallest absolute Gasteiger partial charge is 0.210 e. The maximum Gasteiger partial charge on any atom is 0.210 e. The van der Waals surface area contributed by atoms with Gasteiger partial charge in [0.2, 0.25) is 5.13 Å². The van der Waals surface area contributed by atoms with Crippen LogP contribution >= 0.6 is 23.1 Å². The van der Waals surface area contributed by atoms with E-state index in [2.05, 4.69) is 15.5 Å². The molecule has 0 saturated carbocycles. The van der Waals surface area contributed by atoms with E-state index < -0.39 is 5.82 Å². The number of rotatable bonds is 6. The van der Waals surface area contributed by atoms with Crippen molar-refractivity contribution in [2.45, 2.75) is 11.3 Å². The van der Waals surface area contributed by atoms with E-state index in [1.54, 1.807) is 12.1 Å². The molecule has 7 heteroatoms. The van der Waals surface area contributed by atoms with Crippen molar-refractivity contribution >= 4 is 39.7 Å². The fourth-order valence-electron chi connectivity index (χ4n) is 2.04. The number of aromatic nitrogens is 2. The molecule has 0 bridgehead atoms. The van der Waals surface area contributed by atoms with E-state index >= 15 is 0 Å². The molecule has 0 aliphatic carbocycles. The predicted molar refractivity (Wildman–Crippen MR) is 95.8 cm³/mol. The van der Waals surface area contributed by atoms with Crippen molar-refractivity contribution in [2.24, 2.45) is 0 Å². The summed E-state index contributed by atoms with van der Waals surface area (Å²) in [7, 11) is 0. The highest BCUT2D eigenvalue weighted by molar-refractivity contribution is 8.01. The van der Waals surface area contributed by atoms with Crippen LogP contribution in [-0.2, 0) is 0 Å². The van der Waals surface area contributed by atoms with Gasteiger partial charge in [-0.25, -0.2) is 4.39 Å². The third kappa shape index (κ3) is 3.98. The SMILES string of the molecule is Cc1ccccc1Nc1nnc(SCC(=O)c2ccccc2F)s1. The van der Waals surface area contributed by atoms with Crippen molar-refractivity contribution < 1.29 is 9.18 Å². The molecule has 0 spiro atoms. The van der Waals surface area contributed by atoms with Gasteiger partial charge in [0.05, 0.1) is 11.3 Å². The van der Waals surface area contributed by atoms with Crippen molar-refractivity contribution in [3.8, 4) is 0 Å². The van der Waals surface area contributed by atoms with Gasteiger partial charge in [0, 0.05) is 5.69 Å². The Bertz CT molecular complexity index is 866. The van der Waals surface area contributed by atoms with E-state index in [1.807, 2.05) is 31.2 Å². The Kier molecular flexibility index (Phi) is 5.22. The van der Waals surface area contributed by atoms with Crippen molar-refractivity contribution in [3.05, 3.63) is 65.5 Å². The van der Waals surface area contributed by atoms with Crippen LogP contribution in [0.1, 0.15) is 15.9 Å². The zero-order valence-electron chi connectivity index (χ0n) is 12.8. The highest BCUT2D eigenvalue weighted by atomic mass is 32.2. The Hall–Kier alpha value is -2.25. The van der Waals surface area contributed by atoms with Gasteiger partial charge in [-0.3, -0.25) is 4.79 Å². The van der Waals surface area contributed by atoms with Gasteiger partial charge in [0.15, 0.2) is 10.1 Å². The molecule has 24 heavy (non-hydrogen) atoms. The largest absolute Gasteiger partial charge is 0.330 e. The van der Waals surface area contributed by atoms with Crippen LogP contribution in [0.3, 0.4) is 0 Å². The summed E-state index contributed by atoms with van der Waals surface area (Å²) in [5.74, 6) is -0.635. The van der Waals surface area contributed by atoms with Gasteiger partial charge in [-0.05, 0) is 30.7 Å². The van der Waals surface area contributed by atoms with Gasteiger partial charge in [-0.2, -0.15) is 0 Å². The lowest BCUT2D eigenvalue weighted by Crippen LogP contribution is -2.04. The summed E-state index contributed by atoms with van der Waals surface area (Å²) in [6, 6.07) is 13.9. The van der Waals surface area contributed by atoms with E-state index in [1.165, 1.54) is 35.2 Å². The topological polar surface area (TPSA) is 54.9 Å². The third-order valence-corrected chi connectivity index (χ3v) is 5.27. The van der Waals surface area contributed by atoms with E-state index in [9.17, 15) is 9.18 Å². The van der Waals surface area contributed by atoms with E-state index in [0.717, 1.165) is 11.3 Å². The molecule has 1 N–H and O–H groups in total. The summed E-state index contributed by atoms with van der Waals surface area (Å²) in [6.07, 6.45) is 0. The lowest BCUT2D eigenvalue weighted by atomic mass is 10.1. The first kappa shape index (κ1) is 16.6. The molecule has 0 unspecified atom stereocenters. The van der Waals surface area contributed by atoms with Crippen LogP contribution in [0.25, 0.3) is 0 Å². The summed E-state index contributed by atoms with van der Waals surface area (Å²) >= 11 is 2.62. The number of nitrogens with zero attached hydrogens (tertiary/aromatic N) is 2. The Morgan fingerprint density at radius 1 is 1.17 bits per heavy atom. The maximum atomic E-state index is 13.6. The summed E-state index contributed by atoms with van der Waals surface area (Å²) in [5, 5.41) is 12.0. The quantitative estimate of drug-likeness (QED) is 0.510. The molecule has 2 aromatic carbocycles. The minimum atomic E-state index is -0.498. The molecule has 0 fully saturated rings. The van der Waals surface area contributed by atoms with Crippen LogP contribution in [0.15, 0.2) is 52.9 Å². The molecule has 0 amide bonds. The first-order chi connectivity index (χ1) is 11.6. The molecule has 122 valence electrons. The summed E-state index contributed by atoms with van der Waals surface area (Å²) in [5.41, 5.74) is 2.18. The number of benzene rings is 2. The number of aryl methyl sites for hydroxylation is 1. The molecule has 3 rings (SSSR count). The Morgan fingerprint density at radius 2 is 1.92 bits per heavy atom. The zero-order chi connectivity index (χ0) is 16.9. The first-order valence-electron chi connectivity index (χ1n) is 7.20. The second-order valence-corrected chi connectivity index (χ2v) is 7.20. The van der Waals surface area contributed by atoms with Crippen LogP contribution in [0, 0.1) is 12.7 Å². The lowest BCUT2D eigenvalue weighted by Gasteiger charge is -2.04. The van der Waals surface area contributed by atoms with Crippen LogP contribution in [-0.4, -0.2) is 21.7 Å². The van der Waals surface area contributed by atoms with Gasteiger partial charge < -0.3 is 5.32 Å². The minimum Gasteiger partial charge on any atom is -0.330 e. The lowest BCUT2D eigenvalue weighted by molar-refractivity contribution is 0.101. The van der Waals surface area contributed by atoms with E-state index in [0.29, 0.717) is 9.47 Å². The molecule has 1 aromatic heterocycles. The van der Waals surface area contributed by atoms with Crippen molar-refractivity contribution in [1.82, 2.24) is 10.2 Å². The van der Waals surface area contributed by atoms with Gasteiger partial charge in [-0.1, -0.05) is 53.4 Å². The molecule has 0 aliphatic rings. The van der Waals surface area contributed by atoms with Crippen LogP contribution in [0.5, 0.6) is 0 Å². The van der Waals surface area contributed by atoms with Crippen molar-refractivity contribution in [1.29, 1.82) is 0 Å². The highest BCUT2D eigenvalue weighted by Gasteiger charge is 2.13. The first-order valence-corrected chi connectivity index (χ1v) is 9.00. The molecule has 0 aliphatic heterocycles. The number of carbonyl (C=O) groups excluding carboxylic acids is 1. The fraction of sp³-hybridized carbons (Fsp3) is 0.118. The van der Waals surface area contributed by atoms with Crippen LogP contribution < -0.4 is 5.32 Å². The van der Waals surface area contributed by atoms with Crippen molar-refractivity contribution in [3.63, 3.8) is 0 Å². The number of anilines is 2. The molecule has 3 aromatic rings. The van der Waals surface area contributed by atoms with Gasteiger partial charge >= 0.3 is 0 Å². The number of hydrogen-bond donors (Lipinski definition) is 1. The maximum absolute atomic E-state index is 13.6. The molecule has 0 radical (unpaired) electrons. The van der Waals surface area contributed by atoms with Gasteiger partial charge in [0.25, 0.3) is 0 Å². The molecular formula is C17H14FN3OS2. The Balaban J connectivity index is 1.61. The number of nitrogens with one attached hydrogen (secondary N) is 1. The molecule has 1 heterocycles. The summed E-state index contributed by atoms with van der Waals surface area (Å²) in [4.78, 5) is 12.1. The standard InChI is InChI=1S/C17H14FN3OS2/c1-11-6-2-5-9-14(11)19-16-20-21-17(24-16)23-10-15(22)12-7-3-4-8-13(12)18/h2-9H,10H2,1H3,(H,19,20). The number of halogens is 1. The van der Waals surface area contributed by atoms with Gasteiger partial charge in [0.1, 0.15) is 5.82 Å². The Morgan fingerprint density at radius 3 is 2.71 bits per heavy atom. The molecular weight excluding hydrogens is 345 g/mol. The average molecular weight is 359 g/mol. The van der Waals surface area contributed by atoms with Crippen LogP contribution in [0.2, 0.25) is 0 Å². The molecule has 4 nitrogen and oxygen atoms in total. The van der Waals surface area contributed by atoms with Crippen molar-refractivity contribution in [2.75, 3.05) is 11.1 Å². The minimum absolute atomic E-state index is 0.104. The summed E-state index contributed by atoms with van der Waals surface area (Å²) < 4.78 is 14.2. The highest BCUT2D eigenvalue weighted by Crippen LogP contribution is 2.29. The zero-order valence-corrected chi connectivity index (χ0v) is 14.5. The molecule has 0 saturated heterocycles. The number of carbonyl (C=O) groups is 1. The van der Waals surface area contributed by atoms with Gasteiger partial charge in [-0.15, -0.1) is 10.2 Å². The number of hydrogen-bond acceptors (Lipinski definition) is 6. The normalized spacial score (nSPS) is 10.6. The molecule has 0 atom stereocenters. The predicted octanol–water partition coefficient (Wildman–Crippen LogP) is 4.70. The average Bonchev–Trinajstić information content (AvgIpc) is 3.03. The van der Waals surface area contributed by atoms with E-state index in [4.69, 9.17) is 0 Å². The summed E-state index contributed by atoms with van der Waals surface area (Å²) in [6.45, 7) is 2.01. The Labute approximate surface area is 147 Å². The third-order valence-electron chi connectivity index (χ3n) is 3.29. The number of ketones is 1. The fourth-order valence-corrected chi connectivity index (χ4v) is 3.69. The number of thioether (sulfide) groups is 1. The van der Waals surface area contributed by atoms with E-state index in [-0.39, 0.29) is 17.1 Å². The second-order valence-electron chi connectivity index (χ2n) is 5.00. The number of para-hydroxylation sites is 1. The van der Waals surface area contributed by atoms with Crippen LogP contribution in [0.4, 0.5) is 15.2 Å². The monoisotopic (exact) mass is 359 g/mol.